The van der Waals surface area contributed by atoms with Gasteiger partial charge >= 0.3 is 0 Å². The smallest absolute Gasteiger partial charge is 0.279 e. The van der Waals surface area contributed by atoms with E-state index in [-0.39, 0.29) is 15.4 Å². The molecule has 0 saturated carbocycles. The van der Waals surface area contributed by atoms with Crippen LogP contribution in [0.1, 0.15) is 22.8 Å². The molecule has 0 aliphatic heterocycles. The average molecular weight is 574 g/mol. The molecule has 0 unspecified atom stereocenters. The number of thiazole rings is 1. The number of fused-ring (bicyclic) bond motifs is 1. The number of amides is 1. The molecular formula is C26H27N3O6S3. The Morgan fingerprint density at radius 1 is 0.974 bits per heavy atom. The number of anilines is 1. The highest BCUT2D eigenvalue weighted by Crippen LogP contribution is 2.22. The van der Waals surface area contributed by atoms with Crippen molar-refractivity contribution in [1.29, 1.82) is 0 Å². The van der Waals surface area contributed by atoms with E-state index in [1.54, 1.807) is 24.3 Å². The topological polar surface area (TPSA) is 124 Å². The number of nitrogens with one attached hydrogen (secondary N) is 1. The number of carbonyl (C=O) groups excluding carboxylic acids is 1. The molecule has 1 aromatic heterocycles. The number of rotatable bonds is 9. The summed E-state index contributed by atoms with van der Waals surface area (Å²) in [5.74, 6) is -0.516. The van der Waals surface area contributed by atoms with E-state index in [9.17, 15) is 21.6 Å². The minimum atomic E-state index is -3.77. The molecule has 38 heavy (non-hydrogen) atoms. The fraction of sp³-hybridized carbons (Fsp3) is 0.231. The minimum absolute atomic E-state index is 0.138. The van der Waals surface area contributed by atoms with Crippen LogP contribution in [0.2, 0.25) is 0 Å². The molecule has 0 aliphatic carbocycles. The molecule has 1 heterocycles. The first-order chi connectivity index (χ1) is 18.0. The number of hydrogen-bond donors (Lipinski definition) is 1. The number of hydrogen-bond acceptors (Lipinski definition) is 7. The molecule has 12 heteroatoms. The second-order valence-electron chi connectivity index (χ2n) is 8.55. The lowest BCUT2D eigenvalue weighted by molar-refractivity contribution is 0.0996. The van der Waals surface area contributed by atoms with Gasteiger partial charge in [-0.1, -0.05) is 29.0 Å². The van der Waals surface area contributed by atoms with Crippen LogP contribution in [0, 0.1) is 6.92 Å². The third kappa shape index (κ3) is 6.38. The zero-order valence-electron chi connectivity index (χ0n) is 21.0. The van der Waals surface area contributed by atoms with Gasteiger partial charge in [-0.2, -0.15) is 4.99 Å². The lowest BCUT2D eigenvalue weighted by Gasteiger charge is -2.08. The summed E-state index contributed by atoms with van der Waals surface area (Å²) in [5, 5.41) is 0. The molecular weight excluding hydrogens is 547 g/mol. The maximum Gasteiger partial charge on any atom is 0.279 e. The van der Waals surface area contributed by atoms with Crippen molar-refractivity contribution in [1.82, 2.24) is 4.57 Å². The Hall–Kier alpha value is -3.32. The van der Waals surface area contributed by atoms with Crippen molar-refractivity contribution in [2.75, 3.05) is 24.2 Å². The van der Waals surface area contributed by atoms with E-state index >= 15 is 0 Å². The summed E-state index contributed by atoms with van der Waals surface area (Å²) in [6, 6.07) is 17.3. The number of nitrogens with zero attached hydrogens (tertiary/aromatic N) is 2. The first kappa shape index (κ1) is 27.7. The van der Waals surface area contributed by atoms with Crippen LogP contribution in [-0.4, -0.2) is 46.8 Å². The van der Waals surface area contributed by atoms with Gasteiger partial charge in [0.15, 0.2) is 14.6 Å². The average Bonchev–Trinajstić information content (AvgIpc) is 3.20. The van der Waals surface area contributed by atoms with Gasteiger partial charge in [0.1, 0.15) is 0 Å². The molecule has 0 atom stereocenters. The van der Waals surface area contributed by atoms with Gasteiger partial charge in [0.2, 0.25) is 0 Å². The molecule has 3 aromatic carbocycles. The Labute approximate surface area is 225 Å². The summed E-state index contributed by atoms with van der Waals surface area (Å²) < 4.78 is 59.8. The second-order valence-corrected chi connectivity index (χ2v) is 13.3. The number of sulfone groups is 1. The maximum atomic E-state index is 13.0. The predicted octanol–water partition coefficient (Wildman–Crippen LogP) is 3.99. The van der Waals surface area contributed by atoms with Crippen molar-refractivity contribution in [2.45, 2.75) is 30.2 Å². The molecule has 0 bridgehead atoms. The Kier molecular flexibility index (Phi) is 8.16. The first-order valence-corrected chi connectivity index (χ1v) is 15.9. The molecule has 0 fully saturated rings. The summed E-state index contributed by atoms with van der Waals surface area (Å²) in [6.07, 6.45) is 1.14. The molecule has 1 amide bonds. The molecule has 0 saturated heterocycles. The van der Waals surface area contributed by atoms with E-state index in [0.29, 0.717) is 34.9 Å². The number of aromatic nitrogens is 1. The lowest BCUT2D eigenvalue weighted by Crippen LogP contribution is -2.19. The number of ether oxygens (including phenoxy) is 1. The number of benzene rings is 3. The quantitative estimate of drug-likeness (QED) is 0.302. The third-order valence-electron chi connectivity index (χ3n) is 5.66. The van der Waals surface area contributed by atoms with Gasteiger partial charge in [-0.25, -0.2) is 16.8 Å². The highest BCUT2D eigenvalue weighted by molar-refractivity contribution is 7.92. The largest absolute Gasteiger partial charge is 0.380 e. The van der Waals surface area contributed by atoms with E-state index in [1.165, 1.54) is 53.8 Å². The van der Waals surface area contributed by atoms with Gasteiger partial charge in [0, 0.05) is 30.7 Å². The molecule has 0 spiro atoms. The first-order valence-electron chi connectivity index (χ1n) is 11.7. The van der Waals surface area contributed by atoms with Crippen LogP contribution in [0.3, 0.4) is 0 Å². The van der Waals surface area contributed by atoms with E-state index in [0.717, 1.165) is 17.3 Å². The molecule has 1 N–H and O–H groups in total. The minimum Gasteiger partial charge on any atom is -0.380 e. The third-order valence-corrected chi connectivity index (χ3v) is 9.21. The fourth-order valence-corrected chi connectivity index (χ4v) is 6.52. The van der Waals surface area contributed by atoms with Crippen molar-refractivity contribution >= 4 is 53.0 Å². The Morgan fingerprint density at radius 2 is 1.63 bits per heavy atom. The van der Waals surface area contributed by atoms with Crippen LogP contribution in [0.4, 0.5) is 5.69 Å². The van der Waals surface area contributed by atoms with Gasteiger partial charge in [-0.05, 0) is 68.4 Å². The van der Waals surface area contributed by atoms with Crippen molar-refractivity contribution in [3.8, 4) is 0 Å². The van der Waals surface area contributed by atoms with Crippen LogP contribution in [0.25, 0.3) is 10.2 Å². The lowest BCUT2D eigenvalue weighted by atomic mass is 10.2. The SMILES string of the molecule is CCOCCn1c(=NC(=O)c2ccc(NS(=O)(=O)c3ccc(C)cc3)cc2)sc2cc(S(C)(=O)=O)ccc21. The Balaban J connectivity index is 1.63. The normalized spacial score (nSPS) is 12.7. The number of sulfonamides is 1. The summed E-state index contributed by atoms with van der Waals surface area (Å²) in [4.78, 5) is 18.0. The Bertz CT molecular complexity index is 1750. The summed E-state index contributed by atoms with van der Waals surface area (Å²) in [5.41, 5.74) is 2.27. The highest BCUT2D eigenvalue weighted by Gasteiger charge is 2.16. The van der Waals surface area contributed by atoms with E-state index < -0.39 is 25.8 Å². The molecule has 9 nitrogen and oxygen atoms in total. The van der Waals surface area contributed by atoms with Gasteiger partial charge in [-0.3, -0.25) is 9.52 Å². The van der Waals surface area contributed by atoms with Crippen molar-refractivity contribution in [3.05, 3.63) is 82.7 Å². The number of aryl methyl sites for hydroxylation is 1. The van der Waals surface area contributed by atoms with E-state index in [4.69, 9.17) is 4.74 Å². The fourth-order valence-electron chi connectivity index (χ4n) is 3.65. The monoisotopic (exact) mass is 573 g/mol. The highest BCUT2D eigenvalue weighted by atomic mass is 32.2. The van der Waals surface area contributed by atoms with Gasteiger partial charge in [0.25, 0.3) is 15.9 Å². The Morgan fingerprint density at radius 3 is 2.26 bits per heavy atom. The van der Waals surface area contributed by atoms with Crippen molar-refractivity contribution < 1.29 is 26.4 Å². The molecule has 0 radical (unpaired) electrons. The predicted molar refractivity (Wildman–Crippen MR) is 148 cm³/mol. The molecule has 0 aliphatic rings. The van der Waals surface area contributed by atoms with Gasteiger partial charge < -0.3 is 9.30 Å². The zero-order chi connectivity index (χ0) is 27.5. The van der Waals surface area contributed by atoms with E-state index in [2.05, 4.69) is 9.71 Å². The van der Waals surface area contributed by atoms with Gasteiger partial charge in [-0.15, -0.1) is 0 Å². The molecule has 4 rings (SSSR count). The summed E-state index contributed by atoms with van der Waals surface area (Å²) >= 11 is 1.21. The van der Waals surface area contributed by atoms with Crippen LogP contribution < -0.4 is 9.52 Å². The standard InChI is InChI=1S/C26H27N3O6S3/c1-4-35-16-15-29-23-14-13-22(37(3,31)32)17-24(23)36-26(29)27-25(30)19-7-9-20(10-8-19)28-38(33,34)21-11-5-18(2)6-12-21/h5-14,17,28H,4,15-16H2,1-3H3. The maximum absolute atomic E-state index is 13.0. The molecule has 4 aromatic rings. The zero-order valence-corrected chi connectivity index (χ0v) is 23.5. The van der Waals surface area contributed by atoms with Crippen molar-refractivity contribution in [2.24, 2.45) is 4.99 Å². The van der Waals surface area contributed by atoms with Crippen LogP contribution >= 0.6 is 11.3 Å². The van der Waals surface area contributed by atoms with Gasteiger partial charge in [0.05, 0.1) is 26.6 Å². The van der Waals surface area contributed by atoms with Crippen LogP contribution in [0.15, 0.2) is 81.5 Å². The van der Waals surface area contributed by atoms with E-state index in [1.807, 2.05) is 18.4 Å². The number of carbonyl (C=O) groups is 1. The van der Waals surface area contributed by atoms with Crippen molar-refractivity contribution in [3.63, 3.8) is 0 Å². The van der Waals surface area contributed by atoms with Crippen LogP contribution in [-0.2, 0) is 31.1 Å². The second kappa shape index (κ2) is 11.2. The van der Waals surface area contributed by atoms with Crippen LogP contribution in [0.5, 0.6) is 0 Å². The summed E-state index contributed by atoms with van der Waals surface area (Å²) in [7, 11) is -7.17. The summed E-state index contributed by atoms with van der Waals surface area (Å²) in [6.45, 7) is 5.11. The molecule has 200 valence electrons.